The maximum Gasteiger partial charge on any atom is 0.224 e. The van der Waals surface area contributed by atoms with Crippen molar-refractivity contribution in [1.29, 1.82) is 0 Å². The van der Waals surface area contributed by atoms with Crippen LogP contribution in [-0.2, 0) is 4.79 Å². The number of hydrogen-bond acceptors (Lipinski definition) is 6. The molecule has 0 aliphatic rings. The maximum atomic E-state index is 12.4. The van der Waals surface area contributed by atoms with E-state index in [1.165, 1.54) is 6.92 Å². The highest BCUT2D eigenvalue weighted by atomic mass is 32.2. The number of nitrogens with zero attached hydrogens (tertiary/aromatic N) is 3. The Kier molecular flexibility index (Phi) is 7.04. The molecule has 0 bridgehead atoms. The van der Waals surface area contributed by atoms with Crippen LogP contribution in [0.1, 0.15) is 35.9 Å². The van der Waals surface area contributed by atoms with E-state index in [0.717, 1.165) is 22.2 Å². The van der Waals surface area contributed by atoms with Gasteiger partial charge in [-0.25, -0.2) is 0 Å². The predicted molar refractivity (Wildman–Crippen MR) is 129 cm³/mol. The van der Waals surface area contributed by atoms with E-state index < -0.39 is 0 Å². The van der Waals surface area contributed by atoms with E-state index >= 15 is 0 Å². The molecule has 0 aliphatic heterocycles. The molecule has 0 spiro atoms. The van der Waals surface area contributed by atoms with Crippen LogP contribution in [0.4, 0.5) is 5.69 Å². The number of nitrogens with one attached hydrogen (secondary N) is 1. The van der Waals surface area contributed by atoms with Crippen molar-refractivity contribution in [2.75, 3.05) is 11.1 Å². The topological polar surface area (TPSA) is 90.0 Å². The maximum absolute atomic E-state index is 12.4. The number of aryl methyl sites for hydroxylation is 1. The lowest BCUT2D eigenvalue weighted by Crippen LogP contribution is -2.14. The van der Waals surface area contributed by atoms with Gasteiger partial charge in [-0.2, -0.15) is 0 Å². The molecule has 1 amide bonds. The van der Waals surface area contributed by atoms with Gasteiger partial charge < -0.3 is 9.73 Å². The number of carbonyl (C=O) groups excluding carboxylic acids is 2. The first kappa shape index (κ1) is 22.5. The van der Waals surface area contributed by atoms with E-state index in [2.05, 4.69) is 15.5 Å². The van der Waals surface area contributed by atoms with Crippen LogP contribution in [0.5, 0.6) is 0 Å². The minimum absolute atomic E-state index is 0.0784. The Labute approximate surface area is 196 Å². The third kappa shape index (κ3) is 5.23. The van der Waals surface area contributed by atoms with E-state index in [4.69, 9.17) is 4.42 Å². The fourth-order valence-corrected chi connectivity index (χ4v) is 4.36. The van der Waals surface area contributed by atoms with Crippen molar-refractivity contribution in [1.82, 2.24) is 14.8 Å². The Hall–Kier alpha value is -3.65. The number of thioether (sulfide) groups is 1. The highest BCUT2D eigenvalue weighted by Gasteiger charge is 2.19. The minimum atomic E-state index is -0.122. The summed E-state index contributed by atoms with van der Waals surface area (Å²) in [5.74, 6) is 1.98. The van der Waals surface area contributed by atoms with Crippen LogP contribution < -0.4 is 5.32 Å². The van der Waals surface area contributed by atoms with E-state index in [1.54, 1.807) is 42.3 Å². The van der Waals surface area contributed by atoms with E-state index in [1.807, 2.05) is 47.9 Å². The largest absolute Gasteiger partial charge is 0.469 e. The Bertz CT molecular complexity index is 1260. The summed E-state index contributed by atoms with van der Waals surface area (Å²) >= 11 is 1.55. The first-order valence-electron chi connectivity index (χ1n) is 10.6. The summed E-state index contributed by atoms with van der Waals surface area (Å²) in [6, 6.07) is 18.8. The summed E-state index contributed by atoms with van der Waals surface area (Å²) in [6.07, 6.45) is 2.64. The number of anilines is 1. The zero-order valence-electron chi connectivity index (χ0n) is 18.4. The number of Topliss-reactive ketones (excluding diaryl/α,β-unsaturated/α-hetero) is 1. The fourth-order valence-electron chi connectivity index (χ4n) is 3.47. The third-order valence-corrected chi connectivity index (χ3v) is 6.12. The Morgan fingerprint density at radius 3 is 2.52 bits per heavy atom. The highest BCUT2D eigenvalue weighted by Crippen LogP contribution is 2.30. The molecular weight excluding hydrogens is 436 g/mol. The van der Waals surface area contributed by atoms with Crippen LogP contribution in [-0.4, -0.2) is 32.2 Å². The van der Waals surface area contributed by atoms with Crippen molar-refractivity contribution in [3.63, 3.8) is 0 Å². The van der Waals surface area contributed by atoms with Crippen LogP contribution in [0, 0.1) is 6.92 Å². The Balaban J connectivity index is 1.42. The second-order valence-electron chi connectivity index (χ2n) is 7.47. The molecule has 0 radical (unpaired) electrons. The second-order valence-corrected chi connectivity index (χ2v) is 8.53. The lowest BCUT2D eigenvalue weighted by molar-refractivity contribution is -0.116. The van der Waals surface area contributed by atoms with Gasteiger partial charge in [0.25, 0.3) is 0 Å². The zero-order chi connectivity index (χ0) is 23.2. The zero-order valence-corrected chi connectivity index (χ0v) is 19.3. The van der Waals surface area contributed by atoms with Crippen molar-refractivity contribution in [2.45, 2.75) is 31.8 Å². The number of amides is 1. The molecule has 8 heteroatoms. The smallest absolute Gasteiger partial charge is 0.224 e. The molecule has 0 fully saturated rings. The van der Waals surface area contributed by atoms with Gasteiger partial charge >= 0.3 is 0 Å². The summed E-state index contributed by atoms with van der Waals surface area (Å²) in [4.78, 5) is 24.2. The second kappa shape index (κ2) is 10.3. The summed E-state index contributed by atoms with van der Waals surface area (Å²) in [7, 11) is 0. The Morgan fingerprint density at radius 1 is 1.03 bits per heavy atom. The van der Waals surface area contributed by atoms with Gasteiger partial charge in [-0.05, 0) is 50.6 Å². The number of furan rings is 1. The van der Waals surface area contributed by atoms with Crippen molar-refractivity contribution in [2.24, 2.45) is 0 Å². The highest BCUT2D eigenvalue weighted by molar-refractivity contribution is 7.99. The van der Waals surface area contributed by atoms with Crippen molar-refractivity contribution >= 4 is 29.1 Å². The molecule has 168 valence electrons. The molecule has 0 atom stereocenters. The first-order valence-corrected chi connectivity index (χ1v) is 11.6. The molecule has 0 unspecified atom stereocenters. The number of benzene rings is 2. The van der Waals surface area contributed by atoms with Crippen molar-refractivity contribution in [3.8, 4) is 17.1 Å². The van der Waals surface area contributed by atoms with Gasteiger partial charge in [-0.3, -0.25) is 14.2 Å². The molecule has 0 saturated carbocycles. The van der Waals surface area contributed by atoms with Crippen LogP contribution in [0.15, 0.2) is 76.5 Å². The summed E-state index contributed by atoms with van der Waals surface area (Å²) in [5, 5.41) is 12.4. The van der Waals surface area contributed by atoms with Crippen molar-refractivity contribution in [3.05, 3.63) is 78.3 Å². The normalized spacial score (nSPS) is 10.8. The molecule has 2 aromatic heterocycles. The number of aromatic nitrogens is 3. The van der Waals surface area contributed by atoms with Gasteiger partial charge in [-0.1, -0.05) is 42.1 Å². The summed E-state index contributed by atoms with van der Waals surface area (Å²) in [6.45, 7) is 3.39. The van der Waals surface area contributed by atoms with Crippen molar-refractivity contribution < 1.29 is 14.0 Å². The van der Waals surface area contributed by atoms with Crippen LogP contribution in [0.2, 0.25) is 0 Å². The molecule has 4 rings (SSSR count). The van der Waals surface area contributed by atoms with Gasteiger partial charge in [-0.15, -0.1) is 10.2 Å². The number of carbonyl (C=O) groups is 2. The summed E-state index contributed by atoms with van der Waals surface area (Å²) < 4.78 is 7.47. The molecule has 0 saturated heterocycles. The van der Waals surface area contributed by atoms with E-state index in [-0.39, 0.29) is 11.7 Å². The third-order valence-electron chi connectivity index (χ3n) is 5.11. The van der Waals surface area contributed by atoms with Crippen LogP contribution >= 0.6 is 11.8 Å². The molecule has 4 aromatic rings. The van der Waals surface area contributed by atoms with Gasteiger partial charge in [0.05, 0.1) is 17.5 Å². The quantitative estimate of drug-likeness (QED) is 0.200. The SMILES string of the molecule is CC(=O)c1ccccc1NC(=O)CCCSc1nnc(-c2ccoc2C)n1-c1ccccc1. The Morgan fingerprint density at radius 2 is 1.79 bits per heavy atom. The number of rotatable bonds is 9. The fraction of sp³-hybridized carbons (Fsp3) is 0.200. The molecule has 1 N–H and O–H groups in total. The summed E-state index contributed by atoms with van der Waals surface area (Å²) in [5.41, 5.74) is 2.91. The molecule has 0 aliphatic carbocycles. The number of hydrogen-bond donors (Lipinski definition) is 1. The molecule has 33 heavy (non-hydrogen) atoms. The van der Waals surface area contributed by atoms with E-state index in [0.29, 0.717) is 35.7 Å². The number of ketones is 1. The van der Waals surface area contributed by atoms with Gasteiger partial charge in [0.1, 0.15) is 5.76 Å². The molecule has 7 nitrogen and oxygen atoms in total. The van der Waals surface area contributed by atoms with Gasteiger partial charge in [0.2, 0.25) is 5.91 Å². The molecule has 2 aromatic carbocycles. The van der Waals surface area contributed by atoms with Crippen LogP contribution in [0.25, 0.3) is 17.1 Å². The monoisotopic (exact) mass is 460 g/mol. The molecule has 2 heterocycles. The lowest BCUT2D eigenvalue weighted by Gasteiger charge is -2.10. The average Bonchev–Trinajstić information content (AvgIpc) is 3.43. The number of para-hydroxylation sites is 2. The van der Waals surface area contributed by atoms with E-state index in [9.17, 15) is 9.59 Å². The minimum Gasteiger partial charge on any atom is -0.469 e. The first-order chi connectivity index (χ1) is 16.0. The predicted octanol–water partition coefficient (Wildman–Crippen LogP) is 5.55. The molecular formula is C25H24N4O3S. The average molecular weight is 461 g/mol. The van der Waals surface area contributed by atoms with Gasteiger partial charge in [0.15, 0.2) is 16.8 Å². The lowest BCUT2D eigenvalue weighted by atomic mass is 10.1. The van der Waals surface area contributed by atoms with Crippen LogP contribution in [0.3, 0.4) is 0 Å². The van der Waals surface area contributed by atoms with Gasteiger partial charge in [0, 0.05) is 23.4 Å². The standard InChI is InChI=1S/C25H24N4O3S/c1-17(30)20-11-6-7-12-22(20)26-23(31)13-8-16-33-25-28-27-24(21-14-15-32-18(21)2)29(25)19-9-4-3-5-10-19/h3-7,9-12,14-15H,8,13,16H2,1-2H3,(H,26,31).